The molecule has 2 fully saturated rings. The van der Waals surface area contributed by atoms with Gasteiger partial charge < -0.3 is 33.3 Å². The van der Waals surface area contributed by atoms with Crippen molar-refractivity contribution in [1.29, 1.82) is 0 Å². The number of piperidine rings is 1. The zero-order valence-electron chi connectivity index (χ0n) is 37.5. The van der Waals surface area contributed by atoms with Gasteiger partial charge >= 0.3 is 0 Å². The molecule has 4 aliphatic rings. The number of ether oxygens (including phenoxy) is 6. The van der Waals surface area contributed by atoms with Crippen molar-refractivity contribution in [2.75, 3.05) is 78.9 Å². The highest BCUT2D eigenvalue weighted by molar-refractivity contribution is 6.24. The van der Waals surface area contributed by atoms with E-state index < -0.39 is 0 Å². The molecule has 8 rings (SSSR count). The Morgan fingerprint density at radius 3 is 1.31 bits per heavy atom. The number of carbonyl (C=O) groups is 2. The first-order chi connectivity index (χ1) is 30.4. The number of carbonyl (C=O) groups excluding carboxylic acids is 2. The highest BCUT2D eigenvalue weighted by Gasteiger charge is 2.35. The van der Waals surface area contributed by atoms with Gasteiger partial charge in [0.15, 0.2) is 11.6 Å². The number of nitrogens with zero attached hydrogens (tertiary/aromatic N) is 2. The molecule has 2 aliphatic heterocycles. The summed E-state index contributed by atoms with van der Waals surface area (Å²) in [5, 5.41) is 0. The second kappa shape index (κ2) is 22.3. The van der Waals surface area contributed by atoms with E-state index in [1.54, 1.807) is 0 Å². The number of hydrogen-bond acceptors (Lipinski definition) is 10. The van der Waals surface area contributed by atoms with E-state index in [0.717, 1.165) is 92.0 Å². The lowest BCUT2D eigenvalue weighted by atomic mass is 10.0. The van der Waals surface area contributed by atoms with Crippen molar-refractivity contribution in [3.05, 3.63) is 82.9 Å². The molecule has 0 atom stereocenters. The Hall–Kier alpha value is -5.06. The molecule has 4 aromatic carbocycles. The van der Waals surface area contributed by atoms with E-state index >= 15 is 0 Å². The van der Waals surface area contributed by atoms with E-state index in [0.29, 0.717) is 84.9 Å². The molecule has 0 spiro atoms. The summed E-state index contributed by atoms with van der Waals surface area (Å²) in [5.74, 6) is 4.29. The molecule has 0 bridgehead atoms. The maximum Gasteiger partial charge on any atom is 0.194 e. The number of ketones is 2. The molecule has 62 heavy (non-hydrogen) atoms. The minimum atomic E-state index is 0.00905. The van der Waals surface area contributed by atoms with Gasteiger partial charge in [-0.3, -0.25) is 14.5 Å². The Balaban J connectivity index is 0.000000186. The first kappa shape index (κ1) is 45.0. The van der Waals surface area contributed by atoms with E-state index in [1.807, 2.05) is 60.7 Å². The quantitative estimate of drug-likeness (QED) is 0.0652. The molecule has 10 heteroatoms. The van der Waals surface area contributed by atoms with Crippen LogP contribution in [0.4, 0.5) is 0 Å². The van der Waals surface area contributed by atoms with Crippen molar-refractivity contribution in [3.63, 3.8) is 0 Å². The minimum Gasteiger partial charge on any atom is -0.493 e. The molecule has 332 valence electrons. The third-order valence-electron chi connectivity index (χ3n) is 11.7. The van der Waals surface area contributed by atoms with Crippen LogP contribution in [0, 0.1) is 0 Å². The Morgan fingerprint density at radius 2 is 0.823 bits per heavy atom. The number of fused-ring (bicyclic) bond motifs is 6. The number of rotatable bonds is 21. The molecule has 0 saturated carbocycles. The van der Waals surface area contributed by atoms with Crippen LogP contribution in [0.25, 0.3) is 22.3 Å². The second-order valence-corrected chi connectivity index (χ2v) is 16.6. The molecular formula is C52H66N2O8. The maximum atomic E-state index is 13.2. The summed E-state index contributed by atoms with van der Waals surface area (Å²) in [6, 6.07) is 19.0. The van der Waals surface area contributed by atoms with Crippen LogP contribution in [-0.2, 0) is 0 Å². The lowest BCUT2D eigenvalue weighted by Crippen LogP contribution is -2.33. The molecule has 0 amide bonds. The van der Waals surface area contributed by atoms with Crippen molar-refractivity contribution < 1.29 is 38.0 Å². The normalized spacial score (nSPS) is 15.3. The van der Waals surface area contributed by atoms with E-state index in [4.69, 9.17) is 28.4 Å². The first-order valence-corrected chi connectivity index (χ1v) is 23.4. The summed E-state index contributed by atoms with van der Waals surface area (Å²) < 4.78 is 36.3. The highest BCUT2D eigenvalue weighted by Crippen LogP contribution is 2.50. The van der Waals surface area contributed by atoms with Crippen LogP contribution < -0.4 is 28.4 Å². The van der Waals surface area contributed by atoms with Crippen molar-refractivity contribution in [3.8, 4) is 56.8 Å². The zero-order valence-corrected chi connectivity index (χ0v) is 37.5. The van der Waals surface area contributed by atoms with Crippen molar-refractivity contribution in [1.82, 2.24) is 9.80 Å². The van der Waals surface area contributed by atoms with Crippen molar-refractivity contribution in [2.45, 2.75) is 91.9 Å². The average Bonchev–Trinajstić information content (AvgIpc) is 4.01. The van der Waals surface area contributed by atoms with Crippen molar-refractivity contribution >= 4 is 11.6 Å². The van der Waals surface area contributed by atoms with Gasteiger partial charge in [0, 0.05) is 69.7 Å². The van der Waals surface area contributed by atoms with Gasteiger partial charge in [0.1, 0.15) is 41.1 Å². The molecule has 0 aromatic heterocycles. The predicted octanol–water partition coefficient (Wildman–Crippen LogP) is 10.7. The standard InChI is InChI=1S/2C26H33NO4/c1-3-14-29-19-17-21-25(23(18-19)30-15-4-2)24-20(26(21)28)9-7-10-22(24)31-16-8-13-27-11-5-6-12-27;1-3-14-29-19-17-21-25(23(18-19)30-15-4-2)24-20(26(21)28)9-8-10-22(24)31-16-13-27-11-6-5-7-12-27/h7,9-10,17-18H,3-6,8,11-16H2,1-2H3;8-10,17-18H,3-7,11-16H2,1-2H3. The Morgan fingerprint density at radius 1 is 0.419 bits per heavy atom. The van der Waals surface area contributed by atoms with Gasteiger partial charge in [-0.1, -0.05) is 58.4 Å². The molecule has 2 aliphatic carbocycles. The third kappa shape index (κ3) is 10.6. The Bertz CT molecular complexity index is 2140. The largest absolute Gasteiger partial charge is 0.493 e. The first-order valence-electron chi connectivity index (χ1n) is 23.4. The van der Waals surface area contributed by atoms with Crippen LogP contribution in [-0.4, -0.2) is 100 Å². The molecule has 2 heterocycles. The van der Waals surface area contributed by atoms with Gasteiger partial charge in [-0.05, 0) is 108 Å². The number of likely N-dealkylation sites (tertiary alicyclic amines) is 2. The van der Waals surface area contributed by atoms with Crippen LogP contribution in [0.1, 0.15) is 124 Å². The van der Waals surface area contributed by atoms with Gasteiger partial charge in [0.2, 0.25) is 0 Å². The van der Waals surface area contributed by atoms with E-state index in [9.17, 15) is 9.59 Å². The summed E-state index contributed by atoms with van der Waals surface area (Å²) in [7, 11) is 0. The summed E-state index contributed by atoms with van der Waals surface area (Å²) in [6.45, 7) is 18.6. The van der Waals surface area contributed by atoms with Gasteiger partial charge in [0.05, 0.1) is 33.0 Å². The van der Waals surface area contributed by atoms with Gasteiger partial charge in [-0.15, -0.1) is 0 Å². The molecule has 0 N–H and O–H groups in total. The summed E-state index contributed by atoms with van der Waals surface area (Å²) in [6.07, 6.45) is 11.0. The fourth-order valence-corrected chi connectivity index (χ4v) is 8.74. The fraction of sp³-hybridized carbons (Fsp3) is 0.500. The third-order valence-corrected chi connectivity index (χ3v) is 11.7. The van der Waals surface area contributed by atoms with E-state index in [2.05, 4.69) is 37.5 Å². The molecule has 10 nitrogen and oxygen atoms in total. The minimum absolute atomic E-state index is 0.00905. The number of benzene rings is 4. The van der Waals surface area contributed by atoms with E-state index in [1.165, 1.54) is 45.2 Å². The number of hydrogen-bond donors (Lipinski definition) is 0. The monoisotopic (exact) mass is 846 g/mol. The predicted molar refractivity (Wildman–Crippen MR) is 245 cm³/mol. The molecule has 2 saturated heterocycles. The average molecular weight is 847 g/mol. The summed E-state index contributed by atoms with van der Waals surface area (Å²) in [4.78, 5) is 31.4. The second-order valence-electron chi connectivity index (χ2n) is 16.6. The molecule has 0 unspecified atom stereocenters. The molecular weight excluding hydrogens is 781 g/mol. The maximum absolute atomic E-state index is 13.2. The molecule has 0 radical (unpaired) electrons. The summed E-state index contributed by atoms with van der Waals surface area (Å²) >= 11 is 0. The van der Waals surface area contributed by atoms with Crippen LogP contribution >= 0.6 is 0 Å². The fourth-order valence-electron chi connectivity index (χ4n) is 8.74. The lowest BCUT2D eigenvalue weighted by Gasteiger charge is -2.26. The van der Waals surface area contributed by atoms with Crippen LogP contribution in [0.2, 0.25) is 0 Å². The Kier molecular flexibility index (Phi) is 16.2. The van der Waals surface area contributed by atoms with E-state index in [-0.39, 0.29) is 11.6 Å². The van der Waals surface area contributed by atoms with Crippen LogP contribution in [0.5, 0.6) is 34.5 Å². The smallest absolute Gasteiger partial charge is 0.194 e. The SMILES string of the molecule is CCCOc1cc(OCCC)c2c(c1)C(=O)c1cccc(OCCCN3CCCC3)c1-2.CCCOc1cc(OCCC)c2c(c1)C(=O)c1cccc(OCCN3CCCCC3)c1-2. The highest BCUT2D eigenvalue weighted by atomic mass is 16.5. The summed E-state index contributed by atoms with van der Waals surface area (Å²) in [5.41, 5.74) is 6.04. The molecule has 4 aromatic rings. The topological polar surface area (TPSA) is 96.0 Å². The van der Waals surface area contributed by atoms with Gasteiger partial charge in [0.25, 0.3) is 0 Å². The van der Waals surface area contributed by atoms with Crippen LogP contribution in [0.15, 0.2) is 60.7 Å². The van der Waals surface area contributed by atoms with Crippen molar-refractivity contribution in [2.24, 2.45) is 0 Å². The van der Waals surface area contributed by atoms with Gasteiger partial charge in [-0.25, -0.2) is 0 Å². The van der Waals surface area contributed by atoms with Crippen LogP contribution in [0.3, 0.4) is 0 Å². The lowest BCUT2D eigenvalue weighted by molar-refractivity contribution is 0.103. The van der Waals surface area contributed by atoms with Gasteiger partial charge in [-0.2, -0.15) is 0 Å². The zero-order chi connectivity index (χ0) is 43.3. The Labute approximate surface area is 368 Å².